The Morgan fingerprint density at radius 2 is 1.65 bits per heavy atom. The fourth-order valence-corrected chi connectivity index (χ4v) is 2.15. The Kier molecular flexibility index (Phi) is 10.9. The van der Waals surface area contributed by atoms with Gasteiger partial charge in [-0.2, -0.15) is 0 Å². The van der Waals surface area contributed by atoms with E-state index in [-0.39, 0.29) is 11.9 Å². The van der Waals surface area contributed by atoms with Gasteiger partial charge in [0.05, 0.1) is 6.04 Å². The van der Waals surface area contributed by atoms with Crippen molar-refractivity contribution in [3.8, 4) is 0 Å². The molecule has 0 fully saturated rings. The van der Waals surface area contributed by atoms with E-state index < -0.39 is 17.6 Å². The Hall–Kier alpha value is -1.10. The topological polar surface area (TPSA) is 67.4 Å². The van der Waals surface area contributed by atoms with E-state index in [0.717, 1.165) is 45.1 Å². The van der Waals surface area contributed by atoms with Crippen molar-refractivity contribution in [2.75, 3.05) is 6.54 Å². The number of hydrogen-bond acceptors (Lipinski definition) is 4. The first-order chi connectivity index (χ1) is 10.7. The van der Waals surface area contributed by atoms with Crippen molar-refractivity contribution in [1.82, 2.24) is 10.6 Å². The van der Waals surface area contributed by atoms with Crippen LogP contribution < -0.4 is 10.6 Å². The van der Waals surface area contributed by atoms with Crippen LogP contribution in [0.15, 0.2) is 0 Å². The van der Waals surface area contributed by atoms with Crippen molar-refractivity contribution in [1.29, 1.82) is 0 Å². The van der Waals surface area contributed by atoms with Crippen LogP contribution in [-0.4, -0.2) is 36.1 Å². The van der Waals surface area contributed by atoms with Crippen LogP contribution in [0.25, 0.3) is 0 Å². The molecule has 0 aromatic carbocycles. The molecule has 2 unspecified atom stereocenters. The molecule has 0 radical (unpaired) electrons. The molecule has 23 heavy (non-hydrogen) atoms. The van der Waals surface area contributed by atoms with Crippen LogP contribution in [0.5, 0.6) is 0 Å². The van der Waals surface area contributed by atoms with Crippen molar-refractivity contribution in [3.05, 3.63) is 0 Å². The molecule has 5 heteroatoms. The van der Waals surface area contributed by atoms with E-state index in [0.29, 0.717) is 0 Å². The van der Waals surface area contributed by atoms with Crippen LogP contribution in [0, 0.1) is 0 Å². The van der Waals surface area contributed by atoms with Crippen LogP contribution in [0.2, 0.25) is 0 Å². The second kappa shape index (κ2) is 11.4. The van der Waals surface area contributed by atoms with Gasteiger partial charge in [-0.25, -0.2) is 4.79 Å². The average Bonchev–Trinajstić information content (AvgIpc) is 2.44. The zero-order valence-corrected chi connectivity index (χ0v) is 15.8. The third-order valence-corrected chi connectivity index (χ3v) is 3.45. The summed E-state index contributed by atoms with van der Waals surface area (Å²) in [7, 11) is 0. The van der Waals surface area contributed by atoms with Crippen molar-refractivity contribution >= 4 is 11.9 Å². The molecule has 2 N–H and O–H groups in total. The molecule has 0 rings (SSSR count). The lowest BCUT2D eigenvalue weighted by Crippen LogP contribution is -2.50. The minimum absolute atomic E-state index is 0.117. The highest BCUT2D eigenvalue weighted by Crippen LogP contribution is 2.09. The predicted octanol–water partition coefficient (Wildman–Crippen LogP) is 3.17. The van der Waals surface area contributed by atoms with Crippen LogP contribution in [0.4, 0.5) is 0 Å². The zero-order chi connectivity index (χ0) is 17.9. The van der Waals surface area contributed by atoms with Gasteiger partial charge in [0.1, 0.15) is 11.6 Å². The lowest BCUT2D eigenvalue weighted by Gasteiger charge is -2.24. The lowest BCUT2D eigenvalue weighted by atomic mass is 10.1. The van der Waals surface area contributed by atoms with Gasteiger partial charge in [0.15, 0.2) is 0 Å². The third-order valence-electron chi connectivity index (χ3n) is 3.45. The number of ether oxygens (including phenoxy) is 1. The Balaban J connectivity index is 4.46. The van der Waals surface area contributed by atoms with Crippen molar-refractivity contribution in [2.24, 2.45) is 0 Å². The van der Waals surface area contributed by atoms with E-state index in [1.807, 2.05) is 20.8 Å². The fraction of sp³-hybridized carbons (Fsp3) is 0.889. The number of carbonyl (C=O) groups is 2. The van der Waals surface area contributed by atoms with Crippen molar-refractivity contribution < 1.29 is 14.3 Å². The monoisotopic (exact) mass is 328 g/mol. The molecule has 0 heterocycles. The standard InChI is InChI=1S/C18H36N2O3/c1-7-9-11-13-19-15(12-10-8-2)16(21)20-14(3)17(22)23-18(4,5)6/h14-15,19H,7-13H2,1-6H3,(H,20,21). The summed E-state index contributed by atoms with van der Waals surface area (Å²) in [5.41, 5.74) is -0.546. The molecule has 0 aromatic heterocycles. The number of esters is 1. The molecule has 0 saturated carbocycles. The van der Waals surface area contributed by atoms with E-state index in [4.69, 9.17) is 4.74 Å². The molecular weight excluding hydrogens is 292 g/mol. The smallest absolute Gasteiger partial charge is 0.328 e. The minimum atomic E-state index is -0.636. The van der Waals surface area contributed by atoms with Crippen molar-refractivity contribution in [3.63, 3.8) is 0 Å². The summed E-state index contributed by atoms with van der Waals surface area (Å²) >= 11 is 0. The first-order valence-corrected chi connectivity index (χ1v) is 8.97. The van der Waals surface area contributed by atoms with E-state index in [1.54, 1.807) is 6.92 Å². The molecule has 0 aromatic rings. The molecule has 0 bridgehead atoms. The Morgan fingerprint density at radius 3 is 2.17 bits per heavy atom. The predicted molar refractivity (Wildman–Crippen MR) is 94.3 cm³/mol. The Bertz CT molecular complexity index is 351. The van der Waals surface area contributed by atoms with E-state index in [2.05, 4.69) is 24.5 Å². The highest BCUT2D eigenvalue weighted by atomic mass is 16.6. The SMILES string of the molecule is CCCCCNC(CCCC)C(=O)NC(C)C(=O)OC(C)(C)C. The second-order valence-electron chi connectivity index (χ2n) is 7.12. The summed E-state index contributed by atoms with van der Waals surface area (Å²) in [6, 6.07) is -0.875. The normalized spacial score (nSPS) is 14.2. The summed E-state index contributed by atoms with van der Waals surface area (Å²) in [5, 5.41) is 6.09. The average molecular weight is 328 g/mol. The van der Waals surface area contributed by atoms with Gasteiger partial charge in [0, 0.05) is 0 Å². The molecule has 2 atom stereocenters. The van der Waals surface area contributed by atoms with E-state index >= 15 is 0 Å². The molecule has 1 amide bonds. The minimum Gasteiger partial charge on any atom is -0.458 e. The van der Waals surface area contributed by atoms with Gasteiger partial charge >= 0.3 is 5.97 Å². The first kappa shape index (κ1) is 21.9. The summed E-state index contributed by atoms with van der Waals surface area (Å²) in [5.74, 6) is -0.514. The molecule has 0 aliphatic rings. The first-order valence-electron chi connectivity index (χ1n) is 8.97. The molecule has 5 nitrogen and oxygen atoms in total. The van der Waals surface area contributed by atoms with Gasteiger partial charge in [-0.05, 0) is 47.1 Å². The molecule has 0 saturated heterocycles. The van der Waals surface area contributed by atoms with Crippen LogP contribution in [0.3, 0.4) is 0 Å². The molecular formula is C18H36N2O3. The highest BCUT2D eigenvalue weighted by Gasteiger charge is 2.25. The number of amides is 1. The lowest BCUT2D eigenvalue weighted by molar-refractivity contribution is -0.158. The van der Waals surface area contributed by atoms with Crippen LogP contribution in [-0.2, 0) is 14.3 Å². The summed E-state index contributed by atoms with van der Waals surface area (Å²) < 4.78 is 5.30. The number of unbranched alkanes of at least 4 members (excludes halogenated alkanes) is 3. The Labute approximate surface area is 141 Å². The maximum Gasteiger partial charge on any atom is 0.328 e. The summed E-state index contributed by atoms with van der Waals surface area (Å²) in [4.78, 5) is 24.4. The van der Waals surface area contributed by atoms with Gasteiger partial charge in [0.25, 0.3) is 0 Å². The molecule has 0 aliphatic carbocycles. The van der Waals surface area contributed by atoms with Gasteiger partial charge < -0.3 is 15.4 Å². The molecule has 0 spiro atoms. The molecule has 0 aliphatic heterocycles. The highest BCUT2D eigenvalue weighted by molar-refractivity contribution is 5.87. The van der Waals surface area contributed by atoms with Gasteiger partial charge in [-0.1, -0.05) is 39.5 Å². The van der Waals surface area contributed by atoms with Crippen LogP contribution >= 0.6 is 0 Å². The van der Waals surface area contributed by atoms with Gasteiger partial charge in [0.2, 0.25) is 5.91 Å². The number of hydrogen-bond donors (Lipinski definition) is 2. The number of nitrogens with one attached hydrogen (secondary N) is 2. The maximum absolute atomic E-state index is 12.4. The van der Waals surface area contributed by atoms with Crippen LogP contribution in [0.1, 0.15) is 80.1 Å². The summed E-state index contributed by atoms with van der Waals surface area (Å²) in [6.07, 6.45) is 6.19. The fourth-order valence-electron chi connectivity index (χ4n) is 2.15. The Morgan fingerprint density at radius 1 is 1.04 bits per heavy atom. The van der Waals surface area contributed by atoms with E-state index in [1.165, 1.54) is 0 Å². The van der Waals surface area contributed by atoms with Crippen molar-refractivity contribution in [2.45, 2.75) is 97.8 Å². The van der Waals surface area contributed by atoms with Gasteiger partial charge in [-0.15, -0.1) is 0 Å². The van der Waals surface area contributed by atoms with E-state index in [9.17, 15) is 9.59 Å². The maximum atomic E-state index is 12.4. The summed E-state index contributed by atoms with van der Waals surface area (Å²) in [6.45, 7) is 12.2. The quantitative estimate of drug-likeness (QED) is 0.451. The second-order valence-corrected chi connectivity index (χ2v) is 7.12. The zero-order valence-electron chi connectivity index (χ0n) is 15.8. The number of carbonyl (C=O) groups excluding carboxylic acids is 2. The third kappa shape index (κ3) is 11.1. The molecule has 136 valence electrons. The largest absolute Gasteiger partial charge is 0.458 e. The van der Waals surface area contributed by atoms with Gasteiger partial charge in [-0.3, -0.25) is 4.79 Å². The number of rotatable bonds is 11.